The molecule has 0 fully saturated rings. The van der Waals surface area contributed by atoms with Crippen molar-refractivity contribution >= 4 is 12.0 Å². The Hall–Kier alpha value is -1.26. The maximum Gasteiger partial charge on any atom is 0.433 e. The van der Waals surface area contributed by atoms with Crippen molar-refractivity contribution in [1.82, 2.24) is 5.32 Å². The first-order valence-corrected chi connectivity index (χ1v) is 3.74. The summed E-state index contributed by atoms with van der Waals surface area (Å²) in [6.45, 7) is 1.98. The summed E-state index contributed by atoms with van der Waals surface area (Å²) in [5.41, 5.74) is 0. The summed E-state index contributed by atoms with van der Waals surface area (Å²) in [6.07, 6.45) is 0.956. The second-order valence-corrected chi connectivity index (χ2v) is 2.07. The van der Waals surface area contributed by atoms with E-state index in [2.05, 4.69) is 15.3 Å². The van der Waals surface area contributed by atoms with Crippen LogP contribution in [0, 0.1) is 0 Å². The highest BCUT2D eigenvalue weighted by molar-refractivity contribution is 5.76. The van der Waals surface area contributed by atoms with Crippen LogP contribution in [0.3, 0.4) is 0 Å². The van der Waals surface area contributed by atoms with Crippen LogP contribution in [0.25, 0.3) is 0 Å². The van der Waals surface area contributed by atoms with Crippen molar-refractivity contribution in [3.05, 3.63) is 0 Å². The summed E-state index contributed by atoms with van der Waals surface area (Å²) >= 11 is 0. The number of oxime groups is 1. The van der Waals surface area contributed by atoms with E-state index in [0.29, 0.717) is 12.3 Å². The zero-order valence-corrected chi connectivity index (χ0v) is 7.59. The molecular weight excluding hydrogens is 160 g/mol. The number of hydrogen-bond donors (Lipinski definition) is 1. The Morgan fingerprint density at radius 3 is 2.67 bits per heavy atom. The van der Waals surface area contributed by atoms with E-state index >= 15 is 0 Å². The van der Waals surface area contributed by atoms with Gasteiger partial charge in [-0.05, 0) is 11.6 Å². The minimum absolute atomic E-state index is 0.418. The molecule has 0 unspecified atom stereocenters. The molecule has 0 aliphatic rings. The van der Waals surface area contributed by atoms with Crippen molar-refractivity contribution in [2.24, 2.45) is 5.16 Å². The van der Waals surface area contributed by atoms with Crippen molar-refractivity contribution in [3.8, 4) is 0 Å². The fourth-order valence-electron chi connectivity index (χ4n) is 0.537. The first kappa shape index (κ1) is 10.7. The summed E-state index contributed by atoms with van der Waals surface area (Å²) in [5, 5.41) is 5.75. The normalized spacial score (nSPS) is 10.8. The predicted molar refractivity (Wildman–Crippen MR) is 44.9 cm³/mol. The first-order valence-electron chi connectivity index (χ1n) is 3.74. The molecule has 0 aromatic rings. The second kappa shape index (κ2) is 6.45. The summed E-state index contributed by atoms with van der Waals surface area (Å²) < 4.78 is 4.83. The van der Waals surface area contributed by atoms with Gasteiger partial charge in [-0.1, -0.05) is 6.92 Å². The fraction of sp³-hybridized carbons (Fsp3) is 0.714. The van der Waals surface area contributed by atoms with Crippen molar-refractivity contribution in [3.63, 3.8) is 0 Å². The monoisotopic (exact) mass is 174 g/mol. The van der Waals surface area contributed by atoms with Gasteiger partial charge in [0.2, 0.25) is 5.90 Å². The lowest BCUT2D eigenvalue weighted by Gasteiger charge is -2.01. The molecule has 12 heavy (non-hydrogen) atoms. The fourth-order valence-corrected chi connectivity index (χ4v) is 0.537. The number of amides is 1. The van der Waals surface area contributed by atoms with Crippen molar-refractivity contribution in [2.45, 2.75) is 19.8 Å². The molecular formula is C7H14N2O3. The molecule has 0 rings (SSSR count). The average molecular weight is 174 g/mol. The van der Waals surface area contributed by atoms with Crippen LogP contribution >= 0.6 is 0 Å². The number of carbonyl (C=O) groups excluding carboxylic acids is 1. The van der Waals surface area contributed by atoms with Gasteiger partial charge in [-0.2, -0.15) is 0 Å². The molecule has 0 atom stereocenters. The molecule has 0 aliphatic carbocycles. The van der Waals surface area contributed by atoms with Gasteiger partial charge in [0.15, 0.2) is 0 Å². The lowest BCUT2D eigenvalue weighted by atomic mass is 10.3. The SMILES string of the molecule is CCCC(=NOC(=O)NC)OC. The van der Waals surface area contributed by atoms with Gasteiger partial charge in [-0.25, -0.2) is 4.79 Å². The first-order chi connectivity index (χ1) is 5.74. The Morgan fingerprint density at radius 2 is 2.25 bits per heavy atom. The molecule has 1 amide bonds. The van der Waals surface area contributed by atoms with Gasteiger partial charge >= 0.3 is 6.09 Å². The highest BCUT2D eigenvalue weighted by Crippen LogP contribution is 1.93. The van der Waals surface area contributed by atoms with Crippen LogP contribution in [0.2, 0.25) is 0 Å². The van der Waals surface area contributed by atoms with Crippen LogP contribution in [-0.2, 0) is 9.57 Å². The molecule has 0 aromatic carbocycles. The minimum Gasteiger partial charge on any atom is -0.482 e. The Bertz CT molecular complexity index is 168. The Morgan fingerprint density at radius 1 is 1.58 bits per heavy atom. The summed E-state index contributed by atoms with van der Waals surface area (Å²) in [4.78, 5) is 15.0. The van der Waals surface area contributed by atoms with Gasteiger partial charge < -0.3 is 10.1 Å². The van der Waals surface area contributed by atoms with E-state index in [1.807, 2.05) is 6.92 Å². The third kappa shape index (κ3) is 4.54. The molecule has 5 nitrogen and oxygen atoms in total. The molecule has 0 bridgehead atoms. The highest BCUT2D eigenvalue weighted by Gasteiger charge is 2.00. The lowest BCUT2D eigenvalue weighted by molar-refractivity contribution is 0.148. The number of hydrogen-bond acceptors (Lipinski definition) is 4. The highest BCUT2D eigenvalue weighted by atomic mass is 16.7. The zero-order chi connectivity index (χ0) is 9.40. The number of methoxy groups -OCH3 is 1. The summed E-state index contributed by atoms with van der Waals surface area (Å²) in [5.74, 6) is 0.418. The van der Waals surface area contributed by atoms with Crippen LogP contribution in [-0.4, -0.2) is 26.1 Å². The van der Waals surface area contributed by atoms with E-state index in [1.165, 1.54) is 14.2 Å². The van der Waals surface area contributed by atoms with Crippen LogP contribution in [0.1, 0.15) is 19.8 Å². The van der Waals surface area contributed by atoms with E-state index in [4.69, 9.17) is 4.74 Å². The minimum atomic E-state index is -0.597. The lowest BCUT2D eigenvalue weighted by Crippen LogP contribution is -2.17. The quantitative estimate of drug-likeness (QED) is 0.301. The molecule has 0 radical (unpaired) electrons. The molecule has 0 saturated carbocycles. The van der Waals surface area contributed by atoms with Crippen LogP contribution in [0.4, 0.5) is 4.79 Å². The van der Waals surface area contributed by atoms with Crippen molar-refractivity contribution in [2.75, 3.05) is 14.2 Å². The third-order valence-corrected chi connectivity index (χ3v) is 1.13. The average Bonchev–Trinajstić information content (AvgIpc) is 2.11. The third-order valence-electron chi connectivity index (χ3n) is 1.13. The molecule has 70 valence electrons. The van der Waals surface area contributed by atoms with Gasteiger partial charge in [0.05, 0.1) is 7.11 Å². The Labute approximate surface area is 71.7 Å². The predicted octanol–water partition coefficient (Wildman–Crippen LogP) is 1.10. The zero-order valence-electron chi connectivity index (χ0n) is 7.59. The summed E-state index contributed by atoms with van der Waals surface area (Å²) in [7, 11) is 2.95. The van der Waals surface area contributed by atoms with E-state index in [-0.39, 0.29) is 0 Å². The largest absolute Gasteiger partial charge is 0.482 e. The van der Waals surface area contributed by atoms with E-state index in [1.54, 1.807) is 0 Å². The molecule has 0 aliphatic heterocycles. The van der Waals surface area contributed by atoms with Gasteiger partial charge in [-0.15, -0.1) is 0 Å². The van der Waals surface area contributed by atoms with Gasteiger partial charge in [0.25, 0.3) is 0 Å². The number of nitrogens with one attached hydrogen (secondary N) is 1. The van der Waals surface area contributed by atoms with E-state index in [9.17, 15) is 4.79 Å². The van der Waals surface area contributed by atoms with Gasteiger partial charge in [0, 0.05) is 13.5 Å². The molecule has 0 spiro atoms. The number of nitrogens with zero attached hydrogens (tertiary/aromatic N) is 1. The maximum atomic E-state index is 10.5. The number of carbonyl (C=O) groups is 1. The molecule has 0 aromatic heterocycles. The number of rotatable bonds is 3. The van der Waals surface area contributed by atoms with Crippen LogP contribution in [0.15, 0.2) is 5.16 Å². The molecule has 5 heteroatoms. The summed E-state index contributed by atoms with van der Waals surface area (Å²) in [6, 6.07) is 0. The van der Waals surface area contributed by atoms with Crippen molar-refractivity contribution < 1.29 is 14.4 Å². The number of ether oxygens (including phenoxy) is 1. The second-order valence-electron chi connectivity index (χ2n) is 2.07. The molecule has 1 N–H and O–H groups in total. The van der Waals surface area contributed by atoms with Crippen LogP contribution < -0.4 is 5.32 Å². The van der Waals surface area contributed by atoms with Gasteiger partial charge in [0.1, 0.15) is 0 Å². The maximum absolute atomic E-state index is 10.5. The molecule has 0 saturated heterocycles. The van der Waals surface area contributed by atoms with E-state index in [0.717, 1.165) is 6.42 Å². The van der Waals surface area contributed by atoms with E-state index < -0.39 is 6.09 Å². The van der Waals surface area contributed by atoms with Gasteiger partial charge in [-0.3, -0.25) is 4.84 Å². The standard InChI is InChI=1S/C7H14N2O3/c1-4-5-6(11-3)9-12-7(10)8-2/h4-5H2,1-3H3,(H,8,10). The van der Waals surface area contributed by atoms with Crippen molar-refractivity contribution in [1.29, 1.82) is 0 Å². The Balaban J connectivity index is 3.84. The Kier molecular flexibility index (Phi) is 5.77. The smallest absolute Gasteiger partial charge is 0.433 e. The topological polar surface area (TPSA) is 59.9 Å². The van der Waals surface area contributed by atoms with Crippen LogP contribution in [0.5, 0.6) is 0 Å². The molecule has 0 heterocycles.